The van der Waals surface area contributed by atoms with E-state index in [-0.39, 0.29) is 19.1 Å². The number of benzene rings is 1. The Labute approximate surface area is 155 Å². The van der Waals surface area contributed by atoms with Crippen LogP contribution in [0.15, 0.2) is 18.2 Å². The number of hydrogen-bond acceptors (Lipinski definition) is 5. The van der Waals surface area contributed by atoms with Crippen molar-refractivity contribution in [1.29, 1.82) is 0 Å². The minimum absolute atomic E-state index is 0.0145. The molecule has 1 aromatic carbocycles. The fourth-order valence-electron chi connectivity index (χ4n) is 4.46. The van der Waals surface area contributed by atoms with Crippen molar-refractivity contribution in [2.45, 2.75) is 51.3 Å². The first-order valence-electron chi connectivity index (χ1n) is 9.65. The van der Waals surface area contributed by atoms with Gasteiger partial charge in [0, 0.05) is 25.2 Å². The molecule has 0 aliphatic carbocycles. The molecule has 26 heavy (non-hydrogen) atoms. The molecule has 1 aromatic rings. The molecule has 0 saturated carbocycles. The molecule has 6 heteroatoms. The Bertz CT molecular complexity index is 634. The summed E-state index contributed by atoms with van der Waals surface area (Å²) in [5, 5.41) is 18.9. The van der Waals surface area contributed by atoms with Crippen molar-refractivity contribution in [3.05, 3.63) is 29.3 Å². The number of carbonyl (C=O) groups is 1. The van der Waals surface area contributed by atoms with Crippen LogP contribution in [0.4, 0.5) is 0 Å². The molecule has 144 valence electrons. The lowest BCUT2D eigenvalue weighted by Crippen LogP contribution is -2.60. The Kier molecular flexibility index (Phi) is 6.16. The Morgan fingerprint density at radius 1 is 1.19 bits per heavy atom. The van der Waals surface area contributed by atoms with E-state index in [1.54, 1.807) is 0 Å². The van der Waals surface area contributed by atoms with Gasteiger partial charge in [-0.05, 0) is 56.8 Å². The van der Waals surface area contributed by atoms with E-state index in [4.69, 9.17) is 4.74 Å². The molecule has 2 N–H and O–H groups in total. The maximum Gasteiger partial charge on any atom is 0.243 e. The molecule has 2 aliphatic rings. The summed E-state index contributed by atoms with van der Waals surface area (Å²) in [5.41, 5.74) is 1.45. The molecule has 2 fully saturated rings. The predicted octanol–water partition coefficient (Wildman–Crippen LogP) is 1.53. The van der Waals surface area contributed by atoms with E-state index in [0.29, 0.717) is 19.7 Å². The van der Waals surface area contributed by atoms with Gasteiger partial charge in [-0.15, -0.1) is 0 Å². The minimum Gasteiger partial charge on any atom is -0.494 e. The van der Waals surface area contributed by atoms with Crippen LogP contribution < -0.4 is 4.74 Å². The summed E-state index contributed by atoms with van der Waals surface area (Å²) in [6, 6.07) is 5.92. The van der Waals surface area contributed by atoms with Crippen LogP contribution in [-0.2, 0) is 17.9 Å². The van der Waals surface area contributed by atoms with Gasteiger partial charge in [0.1, 0.15) is 11.3 Å². The highest BCUT2D eigenvalue weighted by atomic mass is 16.5. The third-order valence-electron chi connectivity index (χ3n) is 5.67. The molecular formula is C20H30N2O4. The summed E-state index contributed by atoms with van der Waals surface area (Å²) in [6.45, 7) is 5.21. The van der Waals surface area contributed by atoms with Crippen molar-refractivity contribution in [3.8, 4) is 5.75 Å². The second-order valence-corrected chi connectivity index (χ2v) is 7.21. The molecule has 0 bridgehead atoms. The predicted molar refractivity (Wildman–Crippen MR) is 98.8 cm³/mol. The molecule has 1 atom stereocenters. The first kappa shape index (κ1) is 19.1. The lowest BCUT2D eigenvalue weighted by Gasteiger charge is -2.44. The quantitative estimate of drug-likeness (QED) is 0.770. The van der Waals surface area contributed by atoms with Crippen molar-refractivity contribution in [1.82, 2.24) is 9.80 Å². The number of ether oxygens (including phenoxy) is 1. The topological polar surface area (TPSA) is 73.2 Å². The number of likely N-dealkylation sites (tertiary alicyclic amines) is 2. The zero-order chi connectivity index (χ0) is 18.6. The average molecular weight is 362 g/mol. The van der Waals surface area contributed by atoms with Crippen LogP contribution in [0.3, 0.4) is 0 Å². The van der Waals surface area contributed by atoms with Crippen molar-refractivity contribution in [3.63, 3.8) is 0 Å². The van der Waals surface area contributed by atoms with E-state index in [0.717, 1.165) is 55.6 Å². The highest BCUT2D eigenvalue weighted by molar-refractivity contribution is 5.87. The van der Waals surface area contributed by atoms with Crippen LogP contribution in [0.5, 0.6) is 5.75 Å². The number of carbonyl (C=O) groups excluding carboxylic acids is 1. The van der Waals surface area contributed by atoms with Crippen LogP contribution in [0, 0.1) is 0 Å². The second-order valence-electron chi connectivity index (χ2n) is 7.21. The second kappa shape index (κ2) is 8.37. The van der Waals surface area contributed by atoms with E-state index >= 15 is 0 Å². The molecular weight excluding hydrogens is 332 g/mol. The minimum atomic E-state index is -0.425. The first-order chi connectivity index (χ1) is 12.6. The first-order valence-corrected chi connectivity index (χ1v) is 9.65. The summed E-state index contributed by atoms with van der Waals surface area (Å²) >= 11 is 0. The van der Waals surface area contributed by atoms with E-state index < -0.39 is 5.54 Å². The van der Waals surface area contributed by atoms with Gasteiger partial charge in [-0.25, -0.2) is 0 Å². The number of rotatable bonds is 7. The number of β-amino-alcohol motifs (C(OH)–C–C–N with tert-alkyl or cyclic N) is 1. The fraction of sp³-hybridized carbons (Fsp3) is 0.650. The molecule has 1 amide bonds. The summed E-state index contributed by atoms with van der Waals surface area (Å²) < 4.78 is 5.56. The smallest absolute Gasteiger partial charge is 0.243 e. The van der Waals surface area contributed by atoms with Gasteiger partial charge in [-0.2, -0.15) is 0 Å². The summed E-state index contributed by atoms with van der Waals surface area (Å²) in [7, 11) is 0. The third-order valence-corrected chi connectivity index (χ3v) is 5.67. The average Bonchev–Trinajstić information content (AvgIpc) is 3.04. The Morgan fingerprint density at radius 3 is 2.65 bits per heavy atom. The SMILES string of the molecule is CCOc1ccc(CN2CCCC23CCCN(CCO)C3=O)cc1CO. The van der Waals surface area contributed by atoms with Gasteiger partial charge in [-0.1, -0.05) is 6.07 Å². The van der Waals surface area contributed by atoms with Gasteiger partial charge >= 0.3 is 0 Å². The zero-order valence-electron chi connectivity index (χ0n) is 15.6. The largest absolute Gasteiger partial charge is 0.494 e. The molecule has 3 rings (SSSR count). The van der Waals surface area contributed by atoms with E-state index in [2.05, 4.69) is 4.90 Å². The molecule has 2 saturated heterocycles. The van der Waals surface area contributed by atoms with Gasteiger partial charge in [0.25, 0.3) is 0 Å². The lowest BCUT2D eigenvalue weighted by molar-refractivity contribution is -0.148. The maximum atomic E-state index is 13.1. The van der Waals surface area contributed by atoms with Gasteiger partial charge < -0.3 is 19.8 Å². The summed E-state index contributed by atoms with van der Waals surface area (Å²) in [4.78, 5) is 17.2. The van der Waals surface area contributed by atoms with Crippen molar-refractivity contribution in [2.24, 2.45) is 0 Å². The van der Waals surface area contributed by atoms with Gasteiger partial charge in [0.2, 0.25) is 5.91 Å². The molecule has 0 radical (unpaired) electrons. The lowest BCUT2D eigenvalue weighted by atomic mass is 9.85. The molecule has 1 unspecified atom stereocenters. The van der Waals surface area contributed by atoms with Crippen LogP contribution >= 0.6 is 0 Å². The van der Waals surface area contributed by atoms with Crippen LogP contribution in [0.25, 0.3) is 0 Å². The number of hydrogen-bond donors (Lipinski definition) is 2. The summed E-state index contributed by atoms with van der Waals surface area (Å²) in [6.07, 6.45) is 3.77. The molecule has 6 nitrogen and oxygen atoms in total. The van der Waals surface area contributed by atoms with Crippen molar-refractivity contribution < 1.29 is 19.7 Å². The van der Waals surface area contributed by atoms with Gasteiger partial charge in [-0.3, -0.25) is 9.69 Å². The number of aliphatic hydroxyl groups is 2. The standard InChI is InChI=1S/C20H30N2O4/c1-2-26-18-6-5-16(13-17(18)15-24)14-22-10-4-8-20(22)7-3-9-21(11-12-23)19(20)25/h5-6,13,23-24H,2-4,7-12,14-15H2,1H3. The third kappa shape index (κ3) is 3.59. The van der Waals surface area contributed by atoms with Crippen molar-refractivity contribution in [2.75, 3.05) is 32.8 Å². The normalized spacial score (nSPS) is 23.8. The molecule has 0 aromatic heterocycles. The van der Waals surface area contributed by atoms with E-state index in [9.17, 15) is 15.0 Å². The molecule has 2 aliphatic heterocycles. The van der Waals surface area contributed by atoms with Crippen LogP contribution in [0.1, 0.15) is 43.7 Å². The highest BCUT2D eigenvalue weighted by Crippen LogP contribution is 2.39. The highest BCUT2D eigenvalue weighted by Gasteiger charge is 2.50. The Morgan fingerprint density at radius 2 is 1.96 bits per heavy atom. The number of nitrogens with zero attached hydrogens (tertiary/aromatic N) is 2. The summed E-state index contributed by atoms with van der Waals surface area (Å²) in [5.74, 6) is 0.890. The van der Waals surface area contributed by atoms with Gasteiger partial charge in [0.15, 0.2) is 0 Å². The van der Waals surface area contributed by atoms with Crippen LogP contribution in [0.2, 0.25) is 0 Å². The van der Waals surface area contributed by atoms with Crippen LogP contribution in [-0.4, -0.2) is 64.3 Å². The Balaban J connectivity index is 1.79. The maximum absolute atomic E-state index is 13.1. The fourth-order valence-corrected chi connectivity index (χ4v) is 4.46. The van der Waals surface area contributed by atoms with E-state index in [1.165, 1.54) is 0 Å². The number of piperidine rings is 1. The molecule has 2 heterocycles. The van der Waals surface area contributed by atoms with E-state index in [1.807, 2.05) is 30.0 Å². The number of aliphatic hydroxyl groups excluding tert-OH is 2. The molecule has 1 spiro atoms. The Hall–Kier alpha value is -1.63. The number of amides is 1. The monoisotopic (exact) mass is 362 g/mol. The zero-order valence-corrected chi connectivity index (χ0v) is 15.6. The van der Waals surface area contributed by atoms with Gasteiger partial charge in [0.05, 0.1) is 19.8 Å². The van der Waals surface area contributed by atoms with Crippen molar-refractivity contribution >= 4 is 5.91 Å².